The van der Waals surface area contributed by atoms with Crippen LogP contribution in [0.2, 0.25) is 0 Å². The van der Waals surface area contributed by atoms with Crippen molar-refractivity contribution in [2.45, 2.75) is 65.2 Å². The maximum Gasteiger partial charge on any atom is -0.0355 e. The lowest BCUT2D eigenvalue weighted by atomic mass is 9.57. The number of hydrogen-bond donors (Lipinski definition) is 0. The lowest BCUT2D eigenvalue weighted by molar-refractivity contribution is 0.0150. The molecule has 0 aromatic heterocycles. The summed E-state index contributed by atoms with van der Waals surface area (Å²) in [5, 5.41) is 0. The van der Waals surface area contributed by atoms with Gasteiger partial charge < -0.3 is 0 Å². The molecule has 0 heteroatoms. The summed E-state index contributed by atoms with van der Waals surface area (Å²) in [7, 11) is 0. The fraction of sp³-hybridized carbons (Fsp3) is 1.00. The second-order valence-corrected chi connectivity index (χ2v) is 5.55. The average molecular weight is 194 g/mol. The molecule has 0 amide bonds. The molecule has 0 nitrogen and oxygen atoms in total. The molecule has 0 heterocycles. The minimum absolute atomic E-state index is 1.11. The minimum Gasteiger partial charge on any atom is -0.0654 e. The Bertz CT molecular complexity index is 165. The molecule has 0 aliphatic heterocycles. The molecule has 0 N–H and O–H groups in total. The molecule has 3 saturated carbocycles. The summed E-state index contributed by atoms with van der Waals surface area (Å²) < 4.78 is 0. The lowest BCUT2D eigenvalue weighted by Crippen LogP contribution is -2.39. The molecule has 0 radical (unpaired) electrons. The van der Waals surface area contributed by atoms with Crippen molar-refractivity contribution in [1.82, 2.24) is 0 Å². The van der Waals surface area contributed by atoms with Gasteiger partial charge in [0.1, 0.15) is 0 Å². The van der Waals surface area contributed by atoms with Gasteiger partial charge in [-0.05, 0) is 55.8 Å². The number of rotatable bonds is 4. The van der Waals surface area contributed by atoms with Crippen LogP contribution in [0.5, 0.6) is 0 Å². The van der Waals surface area contributed by atoms with Crippen LogP contribution in [0, 0.1) is 23.7 Å². The Hall–Kier alpha value is 0. The van der Waals surface area contributed by atoms with E-state index in [9.17, 15) is 0 Å². The fourth-order valence-electron chi connectivity index (χ4n) is 4.23. The van der Waals surface area contributed by atoms with E-state index in [0.717, 1.165) is 23.7 Å². The number of hydrogen-bond acceptors (Lipinski definition) is 0. The largest absolute Gasteiger partial charge is 0.0654 e. The topological polar surface area (TPSA) is 0 Å². The molecule has 0 spiro atoms. The minimum atomic E-state index is 1.11. The van der Waals surface area contributed by atoms with Gasteiger partial charge in [-0.25, -0.2) is 0 Å². The van der Waals surface area contributed by atoms with Crippen LogP contribution in [0.4, 0.5) is 0 Å². The Morgan fingerprint density at radius 3 is 1.93 bits per heavy atom. The van der Waals surface area contributed by atoms with Crippen molar-refractivity contribution in [3.8, 4) is 0 Å². The van der Waals surface area contributed by atoms with Crippen molar-refractivity contribution in [2.75, 3.05) is 0 Å². The van der Waals surface area contributed by atoms with Gasteiger partial charge in [-0.3, -0.25) is 0 Å². The van der Waals surface area contributed by atoms with Gasteiger partial charge in [0.25, 0.3) is 0 Å². The van der Waals surface area contributed by atoms with Crippen LogP contribution in [0.15, 0.2) is 0 Å². The van der Waals surface area contributed by atoms with Crippen molar-refractivity contribution in [3.63, 3.8) is 0 Å². The Kier molecular flexibility index (Phi) is 3.52. The van der Waals surface area contributed by atoms with E-state index in [1.54, 1.807) is 25.7 Å². The molecular formula is C14H26. The van der Waals surface area contributed by atoms with Crippen molar-refractivity contribution < 1.29 is 0 Å². The second kappa shape index (κ2) is 4.68. The Morgan fingerprint density at radius 2 is 1.43 bits per heavy atom. The predicted molar refractivity (Wildman–Crippen MR) is 62.2 cm³/mol. The quantitative estimate of drug-likeness (QED) is 0.611. The molecule has 82 valence electrons. The highest BCUT2D eigenvalue weighted by Gasteiger charge is 2.41. The zero-order valence-corrected chi connectivity index (χ0v) is 9.97. The van der Waals surface area contributed by atoms with E-state index < -0.39 is 0 Å². The van der Waals surface area contributed by atoms with Crippen LogP contribution in [0.25, 0.3) is 0 Å². The van der Waals surface area contributed by atoms with Crippen LogP contribution < -0.4 is 0 Å². The first-order valence-corrected chi connectivity index (χ1v) is 6.86. The zero-order valence-electron chi connectivity index (χ0n) is 9.97. The molecule has 3 aliphatic rings. The summed E-state index contributed by atoms with van der Waals surface area (Å²) >= 11 is 0. The molecule has 0 aromatic carbocycles. The van der Waals surface area contributed by atoms with E-state index >= 15 is 0 Å². The van der Waals surface area contributed by atoms with Crippen molar-refractivity contribution in [3.05, 3.63) is 0 Å². The molecule has 3 rings (SSSR count). The van der Waals surface area contributed by atoms with E-state index in [0.29, 0.717) is 0 Å². The van der Waals surface area contributed by atoms with Crippen molar-refractivity contribution >= 4 is 0 Å². The van der Waals surface area contributed by atoms with Crippen molar-refractivity contribution in [2.24, 2.45) is 23.7 Å². The molecule has 2 atom stereocenters. The first-order valence-electron chi connectivity index (χ1n) is 6.86. The molecule has 0 aromatic rings. The van der Waals surface area contributed by atoms with E-state index in [1.165, 1.54) is 25.7 Å². The van der Waals surface area contributed by atoms with Gasteiger partial charge in [-0.1, -0.05) is 33.1 Å². The van der Waals surface area contributed by atoms with Gasteiger partial charge >= 0.3 is 0 Å². The van der Waals surface area contributed by atoms with Gasteiger partial charge in [-0.15, -0.1) is 0 Å². The van der Waals surface area contributed by atoms with Gasteiger partial charge in [0.15, 0.2) is 0 Å². The van der Waals surface area contributed by atoms with Gasteiger partial charge in [0, 0.05) is 0 Å². The summed E-state index contributed by atoms with van der Waals surface area (Å²) in [5.41, 5.74) is 0. The van der Waals surface area contributed by atoms with Crippen LogP contribution >= 0.6 is 0 Å². The molecule has 2 bridgehead atoms. The van der Waals surface area contributed by atoms with E-state index in [-0.39, 0.29) is 0 Å². The summed E-state index contributed by atoms with van der Waals surface area (Å²) in [5.74, 6) is 4.46. The highest BCUT2D eigenvalue weighted by Crippen LogP contribution is 2.51. The standard InChI is InChI=1S/C14H26/c1-3-5-6-14-12-9-7-11(8-10-12)13(14)4-2/h11-14H,3-10H2,1-2H3. The smallest absolute Gasteiger partial charge is 0.0355 e. The molecule has 3 fully saturated rings. The van der Waals surface area contributed by atoms with Crippen molar-refractivity contribution in [1.29, 1.82) is 0 Å². The summed E-state index contributed by atoms with van der Waals surface area (Å²) in [6, 6.07) is 0. The van der Waals surface area contributed by atoms with Crippen LogP contribution in [-0.4, -0.2) is 0 Å². The number of fused-ring (bicyclic) bond motifs is 3. The highest BCUT2D eigenvalue weighted by atomic mass is 14.5. The zero-order chi connectivity index (χ0) is 9.97. The van der Waals surface area contributed by atoms with Crippen LogP contribution in [-0.2, 0) is 0 Å². The third-order valence-corrected chi connectivity index (χ3v) is 4.94. The molecule has 3 aliphatic carbocycles. The third-order valence-electron chi connectivity index (χ3n) is 4.94. The Balaban J connectivity index is 1.97. The van der Waals surface area contributed by atoms with Crippen LogP contribution in [0.3, 0.4) is 0 Å². The Labute approximate surface area is 89.5 Å². The van der Waals surface area contributed by atoms with Gasteiger partial charge in [0.2, 0.25) is 0 Å². The third kappa shape index (κ3) is 1.85. The summed E-state index contributed by atoms with van der Waals surface area (Å²) in [6.07, 6.45) is 12.1. The second-order valence-electron chi connectivity index (χ2n) is 5.55. The number of unbranched alkanes of at least 4 members (excludes halogenated alkanes) is 1. The van der Waals surface area contributed by atoms with Crippen LogP contribution in [0.1, 0.15) is 65.2 Å². The average Bonchev–Trinajstić information content (AvgIpc) is 2.27. The SMILES string of the molecule is CCCCC1C2CCC(CC2)C1CC. The first-order chi connectivity index (χ1) is 6.86. The fourth-order valence-corrected chi connectivity index (χ4v) is 4.23. The van der Waals surface area contributed by atoms with Gasteiger partial charge in [-0.2, -0.15) is 0 Å². The van der Waals surface area contributed by atoms with Gasteiger partial charge in [0.05, 0.1) is 0 Å². The lowest BCUT2D eigenvalue weighted by Gasteiger charge is -2.49. The highest BCUT2D eigenvalue weighted by molar-refractivity contribution is 4.91. The monoisotopic (exact) mass is 194 g/mol. The van der Waals surface area contributed by atoms with E-state index in [2.05, 4.69) is 13.8 Å². The normalized spacial score (nSPS) is 41.6. The molecular weight excluding hydrogens is 168 g/mol. The molecule has 14 heavy (non-hydrogen) atoms. The van der Waals surface area contributed by atoms with E-state index in [1.807, 2.05) is 0 Å². The van der Waals surface area contributed by atoms with E-state index in [4.69, 9.17) is 0 Å². The molecule has 0 saturated heterocycles. The molecule has 2 unspecified atom stereocenters. The summed E-state index contributed by atoms with van der Waals surface area (Å²) in [6.45, 7) is 4.76. The first kappa shape index (κ1) is 10.5. The summed E-state index contributed by atoms with van der Waals surface area (Å²) in [4.78, 5) is 0. The maximum atomic E-state index is 2.42. The maximum absolute atomic E-state index is 2.42. The predicted octanol–water partition coefficient (Wildman–Crippen LogP) is 4.64. The Morgan fingerprint density at radius 1 is 0.857 bits per heavy atom.